The molecule has 8 heteroatoms. The molecule has 0 unspecified atom stereocenters. The molecule has 0 bridgehead atoms. The Bertz CT molecular complexity index is 1320. The first-order chi connectivity index (χ1) is 15.3. The summed E-state index contributed by atoms with van der Waals surface area (Å²) in [5.41, 5.74) is 2.19. The van der Waals surface area contributed by atoms with Crippen molar-refractivity contribution in [3.05, 3.63) is 75.6 Å². The van der Waals surface area contributed by atoms with Crippen molar-refractivity contribution in [3.8, 4) is 0 Å². The fourth-order valence-electron chi connectivity index (χ4n) is 4.02. The van der Waals surface area contributed by atoms with Gasteiger partial charge in [0.1, 0.15) is 5.56 Å². The molecule has 3 aromatic rings. The van der Waals surface area contributed by atoms with E-state index in [-0.39, 0.29) is 15.8 Å². The maximum atomic E-state index is 13.2. The number of rotatable bonds is 6. The lowest BCUT2D eigenvalue weighted by atomic mass is 10.1. The summed E-state index contributed by atoms with van der Waals surface area (Å²) < 4.78 is 29.2. The Labute approximate surface area is 187 Å². The Morgan fingerprint density at radius 3 is 2.41 bits per heavy atom. The highest BCUT2D eigenvalue weighted by atomic mass is 32.2. The lowest BCUT2D eigenvalue weighted by Gasteiger charge is -2.17. The van der Waals surface area contributed by atoms with E-state index in [0.717, 1.165) is 24.0 Å². The molecule has 1 fully saturated rings. The van der Waals surface area contributed by atoms with Crippen LogP contribution in [0.1, 0.15) is 41.3 Å². The van der Waals surface area contributed by atoms with Crippen molar-refractivity contribution in [1.29, 1.82) is 0 Å². The van der Waals surface area contributed by atoms with Crippen molar-refractivity contribution in [2.75, 3.05) is 13.1 Å². The number of aryl methyl sites for hydroxylation is 2. The molecule has 0 saturated carbocycles. The van der Waals surface area contributed by atoms with Crippen LogP contribution in [0.5, 0.6) is 0 Å². The third-order valence-corrected chi connectivity index (χ3v) is 7.81. The molecule has 168 valence electrons. The highest BCUT2D eigenvalue weighted by molar-refractivity contribution is 7.89. The molecule has 1 saturated heterocycles. The van der Waals surface area contributed by atoms with Gasteiger partial charge in [-0.3, -0.25) is 9.59 Å². The first-order valence-electron chi connectivity index (χ1n) is 10.8. The first kappa shape index (κ1) is 22.2. The highest BCUT2D eigenvalue weighted by Crippen LogP contribution is 2.24. The van der Waals surface area contributed by atoms with Crippen LogP contribution in [0.2, 0.25) is 0 Å². The lowest BCUT2D eigenvalue weighted by Crippen LogP contribution is -2.30. The van der Waals surface area contributed by atoms with E-state index in [1.54, 1.807) is 22.9 Å². The molecule has 0 aliphatic carbocycles. The fraction of sp³-hybridized carbons (Fsp3) is 0.333. The maximum Gasteiger partial charge on any atom is 0.257 e. The molecule has 7 nitrogen and oxygen atoms in total. The van der Waals surface area contributed by atoms with Crippen LogP contribution in [0.3, 0.4) is 0 Å². The third-order valence-electron chi connectivity index (χ3n) is 5.91. The number of carbonyl (C=O) groups is 1. The van der Waals surface area contributed by atoms with Gasteiger partial charge in [0.15, 0.2) is 0 Å². The number of hydrogen-bond donors (Lipinski definition) is 1. The topological polar surface area (TPSA) is 88.5 Å². The van der Waals surface area contributed by atoms with Gasteiger partial charge < -0.3 is 9.88 Å². The summed E-state index contributed by atoms with van der Waals surface area (Å²) in [6, 6.07) is 12.4. The average molecular weight is 454 g/mol. The molecule has 0 atom stereocenters. The van der Waals surface area contributed by atoms with Crippen LogP contribution in [-0.2, 0) is 23.1 Å². The number of hydrogen-bond acceptors (Lipinski definition) is 4. The number of fused-ring (bicyclic) bond motifs is 1. The van der Waals surface area contributed by atoms with Crippen molar-refractivity contribution >= 4 is 26.8 Å². The zero-order chi connectivity index (χ0) is 22.9. The molecule has 1 N–H and O–H groups in total. The molecule has 4 rings (SSSR count). The van der Waals surface area contributed by atoms with Gasteiger partial charge >= 0.3 is 0 Å². The number of amides is 1. The van der Waals surface area contributed by atoms with Crippen LogP contribution in [0.15, 0.2) is 58.4 Å². The summed E-state index contributed by atoms with van der Waals surface area (Å²) in [4.78, 5) is 26.2. The zero-order valence-electron chi connectivity index (χ0n) is 18.3. The number of benzene rings is 2. The molecule has 2 aromatic carbocycles. The molecule has 1 aliphatic heterocycles. The second-order valence-electron chi connectivity index (χ2n) is 8.12. The summed E-state index contributed by atoms with van der Waals surface area (Å²) in [6.45, 7) is 5.71. The van der Waals surface area contributed by atoms with Crippen molar-refractivity contribution < 1.29 is 13.2 Å². The normalized spacial score (nSPS) is 14.7. The number of nitrogens with one attached hydrogen (secondary N) is 1. The molecule has 1 aromatic heterocycles. The Kier molecular flexibility index (Phi) is 6.17. The van der Waals surface area contributed by atoms with Gasteiger partial charge in [0.05, 0.1) is 10.4 Å². The van der Waals surface area contributed by atoms with E-state index in [9.17, 15) is 18.0 Å². The third kappa shape index (κ3) is 4.20. The van der Waals surface area contributed by atoms with E-state index in [2.05, 4.69) is 5.32 Å². The second kappa shape index (κ2) is 8.88. The second-order valence-corrected chi connectivity index (χ2v) is 10.1. The maximum absolute atomic E-state index is 13.2. The number of carbonyl (C=O) groups excluding carboxylic acids is 1. The van der Waals surface area contributed by atoms with Gasteiger partial charge in [-0.05, 0) is 50.5 Å². The van der Waals surface area contributed by atoms with Crippen LogP contribution in [0, 0.1) is 6.92 Å². The lowest BCUT2D eigenvalue weighted by molar-refractivity contribution is 0.0949. The quantitative estimate of drug-likeness (QED) is 0.621. The van der Waals surface area contributed by atoms with E-state index in [0.29, 0.717) is 31.7 Å². The fourth-order valence-corrected chi connectivity index (χ4v) is 5.57. The van der Waals surface area contributed by atoms with E-state index in [4.69, 9.17) is 0 Å². The van der Waals surface area contributed by atoms with Crippen LogP contribution < -0.4 is 10.7 Å². The molecular weight excluding hydrogens is 426 g/mol. The van der Waals surface area contributed by atoms with Gasteiger partial charge in [-0.15, -0.1) is 0 Å². The van der Waals surface area contributed by atoms with Crippen molar-refractivity contribution in [3.63, 3.8) is 0 Å². The Balaban J connectivity index is 1.71. The largest absolute Gasteiger partial charge is 0.348 e. The summed E-state index contributed by atoms with van der Waals surface area (Å²) in [5.74, 6) is -0.479. The number of nitrogens with zero attached hydrogens (tertiary/aromatic N) is 2. The molecule has 0 radical (unpaired) electrons. The molecule has 1 amide bonds. The SMILES string of the molecule is CCn1cc(C(=O)NCc2ccc(C)cc2)c(=O)c2cc(S(=O)(=O)N3CCCC3)ccc21. The summed E-state index contributed by atoms with van der Waals surface area (Å²) >= 11 is 0. The monoisotopic (exact) mass is 453 g/mol. The van der Waals surface area contributed by atoms with Gasteiger partial charge in [0.25, 0.3) is 5.91 Å². The van der Waals surface area contributed by atoms with Crippen molar-refractivity contribution in [2.45, 2.75) is 44.7 Å². The molecule has 32 heavy (non-hydrogen) atoms. The zero-order valence-corrected chi connectivity index (χ0v) is 19.1. The predicted octanol–water partition coefficient (Wildman–Crippen LogP) is 3.04. The number of pyridine rings is 1. The van der Waals surface area contributed by atoms with Gasteiger partial charge in [0, 0.05) is 37.8 Å². The Morgan fingerprint density at radius 2 is 1.75 bits per heavy atom. The van der Waals surface area contributed by atoms with Gasteiger partial charge in [-0.2, -0.15) is 4.31 Å². The van der Waals surface area contributed by atoms with Gasteiger partial charge in [-0.25, -0.2) is 8.42 Å². The van der Waals surface area contributed by atoms with Gasteiger partial charge in [0.2, 0.25) is 15.5 Å². The highest BCUT2D eigenvalue weighted by Gasteiger charge is 2.28. The molecular formula is C24H27N3O4S. The Hall–Kier alpha value is -2.97. The van der Waals surface area contributed by atoms with E-state index < -0.39 is 21.4 Å². The minimum absolute atomic E-state index is 0.00202. The number of sulfonamides is 1. The van der Waals surface area contributed by atoms with Crippen molar-refractivity contribution in [2.24, 2.45) is 0 Å². The summed E-state index contributed by atoms with van der Waals surface area (Å²) in [6.07, 6.45) is 3.21. The average Bonchev–Trinajstić information content (AvgIpc) is 3.34. The van der Waals surface area contributed by atoms with Crippen molar-refractivity contribution in [1.82, 2.24) is 14.2 Å². The summed E-state index contributed by atoms with van der Waals surface area (Å²) in [5, 5.41) is 3.03. The molecule has 0 spiro atoms. The van der Waals surface area contributed by atoms with Crippen LogP contribution in [0.25, 0.3) is 10.9 Å². The van der Waals surface area contributed by atoms with Gasteiger partial charge in [-0.1, -0.05) is 29.8 Å². The van der Waals surface area contributed by atoms with Crippen LogP contribution >= 0.6 is 0 Å². The smallest absolute Gasteiger partial charge is 0.257 e. The predicted molar refractivity (Wildman–Crippen MR) is 124 cm³/mol. The molecule has 2 heterocycles. The van der Waals surface area contributed by atoms with E-state index in [1.807, 2.05) is 38.1 Å². The first-order valence-corrected chi connectivity index (χ1v) is 12.3. The minimum atomic E-state index is -3.66. The van der Waals surface area contributed by atoms with Crippen LogP contribution in [0.4, 0.5) is 0 Å². The van der Waals surface area contributed by atoms with E-state index >= 15 is 0 Å². The standard InChI is InChI=1S/C24H27N3O4S/c1-3-26-16-21(24(29)25-15-18-8-6-17(2)7-9-18)23(28)20-14-19(10-11-22(20)26)32(30,31)27-12-4-5-13-27/h6-11,14,16H,3-5,12-13,15H2,1-2H3,(H,25,29). The summed E-state index contributed by atoms with van der Waals surface area (Å²) in [7, 11) is -3.66. The minimum Gasteiger partial charge on any atom is -0.348 e. The Morgan fingerprint density at radius 1 is 1.06 bits per heavy atom. The van der Waals surface area contributed by atoms with E-state index in [1.165, 1.54) is 10.4 Å². The molecule has 1 aliphatic rings. The number of aromatic nitrogens is 1. The van der Waals surface area contributed by atoms with Crippen LogP contribution in [-0.4, -0.2) is 36.3 Å².